The third kappa shape index (κ3) is 7.53. The quantitative estimate of drug-likeness (QED) is 0.109. The number of hydrogen-bond acceptors (Lipinski definition) is 8. The van der Waals surface area contributed by atoms with Crippen molar-refractivity contribution in [1.29, 1.82) is 0 Å². The van der Waals surface area contributed by atoms with Gasteiger partial charge in [0.1, 0.15) is 29.5 Å². The van der Waals surface area contributed by atoms with Gasteiger partial charge in [-0.05, 0) is 72.9 Å². The number of anilines is 1. The number of nitrogens with zero attached hydrogens (tertiary/aromatic N) is 1. The number of nitrogens with one attached hydrogen (secondary N) is 1. The molecule has 0 bridgehead atoms. The van der Waals surface area contributed by atoms with Crippen LogP contribution in [0.15, 0.2) is 65.1 Å². The van der Waals surface area contributed by atoms with Gasteiger partial charge in [-0.25, -0.2) is 9.18 Å². The molecule has 44 heavy (non-hydrogen) atoms. The number of halogens is 1. The topological polar surface area (TPSA) is 110 Å². The number of carboxylic acids is 1. The van der Waals surface area contributed by atoms with Crippen molar-refractivity contribution in [3.63, 3.8) is 0 Å². The molecule has 0 atom stereocenters. The van der Waals surface area contributed by atoms with E-state index in [-0.39, 0.29) is 17.3 Å². The zero-order valence-corrected chi connectivity index (χ0v) is 25.5. The van der Waals surface area contributed by atoms with Crippen LogP contribution >= 0.6 is 11.9 Å². The van der Waals surface area contributed by atoms with Crippen LogP contribution in [0.4, 0.5) is 10.1 Å². The molecule has 9 nitrogen and oxygen atoms in total. The molecule has 5 rings (SSSR count). The Morgan fingerprint density at radius 2 is 1.75 bits per heavy atom. The predicted octanol–water partition coefficient (Wildman–Crippen LogP) is 6.37. The maximum Gasteiger partial charge on any atom is 0.335 e. The summed E-state index contributed by atoms with van der Waals surface area (Å²) < 4.78 is 39.1. The Labute approximate surface area is 259 Å². The van der Waals surface area contributed by atoms with Crippen molar-refractivity contribution in [1.82, 2.24) is 5.32 Å². The third-order valence-corrected chi connectivity index (χ3v) is 8.11. The summed E-state index contributed by atoms with van der Waals surface area (Å²) in [6, 6.07) is 16.3. The average Bonchev–Trinajstić information content (AvgIpc) is 3.82. The molecule has 0 spiro atoms. The molecule has 232 valence electrons. The van der Waals surface area contributed by atoms with Crippen molar-refractivity contribution < 1.29 is 37.7 Å². The largest absolute Gasteiger partial charge is 0.491 e. The number of furan rings is 1. The van der Waals surface area contributed by atoms with E-state index in [4.69, 9.17) is 23.7 Å². The number of carbonyl (C=O) groups excluding carboxylic acids is 1. The Morgan fingerprint density at radius 1 is 1.02 bits per heavy atom. The van der Waals surface area contributed by atoms with Crippen molar-refractivity contribution in [3.05, 3.63) is 83.2 Å². The summed E-state index contributed by atoms with van der Waals surface area (Å²) in [7, 11) is 1.59. The standard InChI is InChI=1S/C33H35FN2O7S/c1-35-32(37)30-27-19-26(21-6-7-21)28(20-29(27)43-31(30)22-8-10-24(34)11-9-22)36(44-2)12-13-40-14-15-41-16-17-42-25-5-3-4-23(18-25)33(38)39/h3-5,8-11,18-21H,6-7,12-17H2,1-2H3,(H,35,37)(H,38,39). The van der Waals surface area contributed by atoms with Crippen LogP contribution in [-0.4, -0.2) is 69.9 Å². The number of ether oxygens (including phenoxy) is 3. The summed E-state index contributed by atoms with van der Waals surface area (Å²) in [6.45, 7) is 2.57. The molecule has 0 radical (unpaired) electrons. The highest BCUT2D eigenvalue weighted by molar-refractivity contribution is 7.99. The number of aromatic carboxylic acids is 1. The van der Waals surface area contributed by atoms with Gasteiger partial charge in [-0.15, -0.1) is 0 Å². The molecule has 1 heterocycles. The van der Waals surface area contributed by atoms with Gasteiger partial charge >= 0.3 is 5.97 Å². The SMILES string of the molecule is CNC(=O)c1c(-c2ccc(F)cc2)oc2cc(N(CCOCCOCCOc3cccc(C(=O)O)c3)SC)c(C3CC3)cc12. The van der Waals surface area contributed by atoms with Crippen LogP contribution < -0.4 is 14.4 Å². The Kier molecular flexibility index (Phi) is 10.4. The van der Waals surface area contributed by atoms with Gasteiger partial charge in [-0.1, -0.05) is 18.0 Å². The van der Waals surface area contributed by atoms with E-state index in [9.17, 15) is 14.0 Å². The summed E-state index contributed by atoms with van der Waals surface area (Å²) in [5.41, 5.74) is 4.04. The second-order valence-corrected chi connectivity index (χ2v) is 11.1. The highest BCUT2D eigenvalue weighted by Gasteiger charge is 2.31. The first-order chi connectivity index (χ1) is 21.4. The molecule has 11 heteroatoms. The molecule has 4 aromatic rings. The molecular formula is C33H35FN2O7S. The predicted molar refractivity (Wildman–Crippen MR) is 168 cm³/mol. The van der Waals surface area contributed by atoms with Crippen LogP contribution in [0.2, 0.25) is 0 Å². The Morgan fingerprint density at radius 3 is 2.43 bits per heavy atom. The lowest BCUT2D eigenvalue weighted by Gasteiger charge is -2.24. The van der Waals surface area contributed by atoms with E-state index in [0.717, 1.165) is 23.9 Å². The number of fused-ring (bicyclic) bond motifs is 1. The molecule has 0 aliphatic heterocycles. The number of rotatable bonds is 16. The van der Waals surface area contributed by atoms with Crippen molar-refractivity contribution in [3.8, 4) is 17.1 Å². The zero-order valence-electron chi connectivity index (χ0n) is 24.6. The highest BCUT2D eigenvalue weighted by atomic mass is 32.2. The lowest BCUT2D eigenvalue weighted by Crippen LogP contribution is -2.22. The smallest absolute Gasteiger partial charge is 0.335 e. The van der Waals surface area contributed by atoms with Crippen LogP contribution in [0.5, 0.6) is 5.75 Å². The van der Waals surface area contributed by atoms with E-state index >= 15 is 0 Å². The minimum absolute atomic E-state index is 0.174. The summed E-state index contributed by atoms with van der Waals surface area (Å²) in [5.74, 6) is -0.306. The van der Waals surface area contributed by atoms with Crippen molar-refractivity contribution in [2.45, 2.75) is 18.8 Å². The van der Waals surface area contributed by atoms with Crippen molar-refractivity contribution in [2.75, 3.05) is 57.2 Å². The summed E-state index contributed by atoms with van der Waals surface area (Å²) in [4.78, 5) is 24.1. The summed E-state index contributed by atoms with van der Waals surface area (Å²) in [5, 5.41) is 12.5. The molecule has 0 unspecified atom stereocenters. The first kappa shape index (κ1) is 31.4. The first-order valence-electron chi connectivity index (χ1n) is 14.4. The minimum atomic E-state index is -1.000. The van der Waals surface area contributed by atoms with Crippen molar-refractivity contribution in [2.24, 2.45) is 0 Å². The lowest BCUT2D eigenvalue weighted by molar-refractivity contribution is 0.0390. The molecule has 3 aromatic carbocycles. The number of carbonyl (C=O) groups is 2. The first-order valence-corrected chi connectivity index (χ1v) is 15.6. The molecule has 0 saturated heterocycles. The molecule has 1 saturated carbocycles. The second-order valence-electron chi connectivity index (χ2n) is 10.3. The van der Waals surface area contributed by atoms with Crippen LogP contribution in [0.3, 0.4) is 0 Å². The lowest BCUT2D eigenvalue weighted by atomic mass is 10.0. The highest BCUT2D eigenvalue weighted by Crippen LogP contribution is 2.48. The fourth-order valence-corrected chi connectivity index (χ4v) is 5.57. The van der Waals surface area contributed by atoms with E-state index in [1.807, 2.05) is 12.3 Å². The molecule has 2 N–H and O–H groups in total. The Balaban J connectivity index is 1.19. The maximum atomic E-state index is 13.6. The second kappa shape index (κ2) is 14.6. The van der Waals surface area contributed by atoms with Gasteiger partial charge in [0.2, 0.25) is 0 Å². The average molecular weight is 623 g/mol. The van der Waals surface area contributed by atoms with E-state index in [2.05, 4.69) is 15.7 Å². The van der Waals surface area contributed by atoms with Gasteiger partial charge in [0.25, 0.3) is 5.91 Å². The molecule has 1 aliphatic rings. The fourth-order valence-electron chi connectivity index (χ4n) is 4.96. The third-order valence-electron chi connectivity index (χ3n) is 7.29. The monoisotopic (exact) mass is 622 g/mol. The zero-order chi connectivity index (χ0) is 31.1. The van der Waals surface area contributed by atoms with Crippen LogP contribution in [0, 0.1) is 5.82 Å². The maximum absolute atomic E-state index is 13.6. The minimum Gasteiger partial charge on any atom is -0.491 e. The Bertz CT molecular complexity index is 1600. The van der Waals surface area contributed by atoms with Gasteiger partial charge in [0.05, 0.1) is 49.8 Å². The van der Waals surface area contributed by atoms with Gasteiger partial charge in [0.15, 0.2) is 0 Å². The van der Waals surface area contributed by atoms with Gasteiger partial charge in [0, 0.05) is 30.3 Å². The van der Waals surface area contributed by atoms with Gasteiger partial charge in [-0.3, -0.25) is 4.79 Å². The molecule has 1 fully saturated rings. The van der Waals surface area contributed by atoms with E-state index in [1.54, 1.807) is 43.3 Å². The Hall–Kier alpha value is -4.06. The fraction of sp³-hybridized carbons (Fsp3) is 0.333. The number of carboxylic acid groups (broad SMARTS) is 1. The summed E-state index contributed by atoms with van der Waals surface area (Å²) in [6.07, 6.45) is 4.18. The van der Waals surface area contributed by atoms with E-state index in [1.165, 1.54) is 29.8 Å². The van der Waals surface area contributed by atoms with Crippen LogP contribution in [-0.2, 0) is 9.47 Å². The molecule has 1 amide bonds. The van der Waals surface area contributed by atoms with Crippen LogP contribution in [0.1, 0.15) is 45.0 Å². The molecular weight excluding hydrogens is 587 g/mol. The normalized spacial score (nSPS) is 12.8. The van der Waals surface area contributed by atoms with Crippen LogP contribution in [0.25, 0.3) is 22.3 Å². The number of hydrogen-bond donors (Lipinski definition) is 2. The molecule has 1 aromatic heterocycles. The van der Waals surface area contributed by atoms with E-state index in [0.29, 0.717) is 73.7 Å². The van der Waals surface area contributed by atoms with Gasteiger partial charge in [-0.2, -0.15) is 0 Å². The molecule has 1 aliphatic carbocycles. The summed E-state index contributed by atoms with van der Waals surface area (Å²) >= 11 is 1.59. The number of amides is 1. The van der Waals surface area contributed by atoms with E-state index < -0.39 is 5.97 Å². The van der Waals surface area contributed by atoms with Crippen molar-refractivity contribution >= 4 is 40.5 Å². The van der Waals surface area contributed by atoms with Gasteiger partial charge < -0.3 is 33.4 Å². The number of benzene rings is 3.